The standard InChI is InChI=1S/C25H31ClN2O6S/c1-16-8-7-9-21(17(16)2)27-24(29)15-34-25(30)19-14-18(12-13-20(19)26)35(31,32)28(3)22-10-5-6-11-23(22)33-4/h5-6,10-14,16-17,21H,7-9,15H2,1-4H3,(H,27,29)/t16-,17+,21+/m1/s1. The van der Waals surface area contributed by atoms with Crippen LogP contribution in [0.25, 0.3) is 0 Å². The van der Waals surface area contributed by atoms with Crippen molar-refractivity contribution < 1.29 is 27.5 Å². The molecule has 0 bridgehead atoms. The van der Waals surface area contributed by atoms with E-state index >= 15 is 0 Å². The van der Waals surface area contributed by atoms with Gasteiger partial charge in [-0.2, -0.15) is 0 Å². The second-order valence-electron chi connectivity index (χ2n) is 8.80. The zero-order valence-corrected chi connectivity index (χ0v) is 21.9. The quantitative estimate of drug-likeness (QED) is 0.519. The summed E-state index contributed by atoms with van der Waals surface area (Å²) in [6.07, 6.45) is 3.06. The molecule has 0 spiro atoms. The van der Waals surface area contributed by atoms with Crippen LogP contribution in [0.1, 0.15) is 43.5 Å². The van der Waals surface area contributed by atoms with Gasteiger partial charge in [-0.25, -0.2) is 13.2 Å². The van der Waals surface area contributed by atoms with Gasteiger partial charge in [0.2, 0.25) is 0 Å². The number of nitrogens with zero attached hydrogens (tertiary/aromatic N) is 1. The molecule has 1 saturated carbocycles. The van der Waals surface area contributed by atoms with E-state index in [1.54, 1.807) is 24.3 Å². The number of amides is 1. The van der Waals surface area contributed by atoms with Crippen LogP contribution in [0.2, 0.25) is 5.02 Å². The minimum atomic E-state index is -4.05. The number of halogens is 1. The van der Waals surface area contributed by atoms with Gasteiger partial charge in [-0.15, -0.1) is 0 Å². The van der Waals surface area contributed by atoms with Crippen LogP contribution in [0.5, 0.6) is 5.75 Å². The lowest BCUT2D eigenvalue weighted by atomic mass is 9.78. The molecule has 1 aliphatic rings. The molecular formula is C25H31ClN2O6S. The van der Waals surface area contributed by atoms with Crippen LogP contribution >= 0.6 is 11.6 Å². The number of para-hydroxylation sites is 2. The predicted molar refractivity (Wildman–Crippen MR) is 134 cm³/mol. The van der Waals surface area contributed by atoms with Crippen molar-refractivity contribution in [2.24, 2.45) is 11.8 Å². The van der Waals surface area contributed by atoms with Gasteiger partial charge in [0.1, 0.15) is 5.75 Å². The maximum absolute atomic E-state index is 13.2. The third kappa shape index (κ3) is 6.08. The number of sulfonamides is 1. The van der Waals surface area contributed by atoms with E-state index in [1.165, 1.54) is 26.3 Å². The van der Waals surface area contributed by atoms with E-state index in [2.05, 4.69) is 19.2 Å². The van der Waals surface area contributed by atoms with Gasteiger partial charge in [0.05, 0.1) is 28.3 Å². The molecule has 1 amide bonds. The number of esters is 1. The summed E-state index contributed by atoms with van der Waals surface area (Å²) in [4.78, 5) is 24.9. The molecule has 10 heteroatoms. The molecule has 0 heterocycles. The molecule has 0 unspecified atom stereocenters. The first-order valence-electron chi connectivity index (χ1n) is 11.4. The number of carbonyl (C=O) groups is 2. The van der Waals surface area contributed by atoms with E-state index in [0.29, 0.717) is 23.3 Å². The normalized spacial score (nSPS) is 20.1. The number of anilines is 1. The van der Waals surface area contributed by atoms with Crippen LogP contribution in [0.3, 0.4) is 0 Å². The predicted octanol–water partition coefficient (Wildman–Crippen LogP) is 4.27. The minimum Gasteiger partial charge on any atom is -0.495 e. The first kappa shape index (κ1) is 26.8. The lowest BCUT2D eigenvalue weighted by molar-refractivity contribution is -0.125. The van der Waals surface area contributed by atoms with Crippen molar-refractivity contribution in [2.45, 2.75) is 44.0 Å². The molecule has 1 N–H and O–H groups in total. The Bertz CT molecular complexity index is 1190. The zero-order chi connectivity index (χ0) is 25.8. The van der Waals surface area contributed by atoms with Crippen LogP contribution in [0, 0.1) is 11.8 Å². The Hall–Kier alpha value is -2.78. The number of ether oxygens (including phenoxy) is 2. The van der Waals surface area contributed by atoms with Crippen molar-refractivity contribution in [3.63, 3.8) is 0 Å². The molecule has 190 valence electrons. The number of rotatable bonds is 8. The Kier molecular flexibility index (Phi) is 8.66. The highest BCUT2D eigenvalue weighted by atomic mass is 35.5. The fourth-order valence-electron chi connectivity index (χ4n) is 4.24. The Labute approximate surface area is 211 Å². The summed E-state index contributed by atoms with van der Waals surface area (Å²) in [7, 11) is -1.22. The van der Waals surface area contributed by atoms with Gasteiger partial charge >= 0.3 is 5.97 Å². The van der Waals surface area contributed by atoms with Gasteiger partial charge < -0.3 is 14.8 Å². The topological polar surface area (TPSA) is 102 Å². The van der Waals surface area contributed by atoms with Crippen molar-refractivity contribution >= 4 is 39.2 Å². The first-order chi connectivity index (χ1) is 16.6. The van der Waals surface area contributed by atoms with Crippen LogP contribution in [0.15, 0.2) is 47.4 Å². The molecular weight excluding hydrogens is 492 g/mol. The van der Waals surface area contributed by atoms with E-state index in [4.69, 9.17) is 21.1 Å². The SMILES string of the molecule is COc1ccccc1N(C)S(=O)(=O)c1ccc(Cl)c(C(=O)OCC(=O)N[C@H]2CCC[C@@H](C)[C@@H]2C)c1. The summed E-state index contributed by atoms with van der Waals surface area (Å²) >= 11 is 6.16. The Morgan fingerprint density at radius 3 is 2.57 bits per heavy atom. The summed E-state index contributed by atoms with van der Waals surface area (Å²) in [5.41, 5.74) is 0.186. The maximum Gasteiger partial charge on any atom is 0.340 e. The van der Waals surface area contributed by atoms with Crippen LogP contribution in [-0.2, 0) is 19.6 Å². The molecule has 0 aromatic heterocycles. The highest BCUT2D eigenvalue weighted by Gasteiger charge is 2.29. The Morgan fingerprint density at radius 1 is 1.14 bits per heavy atom. The fourth-order valence-corrected chi connectivity index (χ4v) is 5.67. The lowest BCUT2D eigenvalue weighted by Gasteiger charge is -2.34. The second-order valence-corrected chi connectivity index (χ2v) is 11.2. The summed E-state index contributed by atoms with van der Waals surface area (Å²) in [5.74, 6) is -0.0683. The van der Waals surface area contributed by atoms with E-state index in [9.17, 15) is 18.0 Å². The summed E-state index contributed by atoms with van der Waals surface area (Å²) in [5, 5.41) is 2.95. The monoisotopic (exact) mass is 522 g/mol. The van der Waals surface area contributed by atoms with E-state index in [1.807, 2.05) is 0 Å². The van der Waals surface area contributed by atoms with Gasteiger partial charge in [-0.05, 0) is 48.6 Å². The molecule has 3 rings (SSSR count). The van der Waals surface area contributed by atoms with Crippen LogP contribution in [0.4, 0.5) is 5.69 Å². The summed E-state index contributed by atoms with van der Waals surface area (Å²) in [6, 6.07) is 10.5. The Balaban J connectivity index is 1.72. The van der Waals surface area contributed by atoms with E-state index in [-0.39, 0.29) is 21.5 Å². The van der Waals surface area contributed by atoms with Crippen LogP contribution < -0.4 is 14.4 Å². The molecule has 2 aromatic carbocycles. The van der Waals surface area contributed by atoms with E-state index in [0.717, 1.165) is 29.6 Å². The smallest absolute Gasteiger partial charge is 0.340 e. The number of carbonyl (C=O) groups excluding carboxylic acids is 2. The fraction of sp³-hybridized carbons (Fsp3) is 0.440. The van der Waals surface area contributed by atoms with Crippen molar-refractivity contribution in [2.75, 3.05) is 25.1 Å². The molecule has 35 heavy (non-hydrogen) atoms. The average Bonchev–Trinajstić information content (AvgIpc) is 2.85. The van der Waals surface area contributed by atoms with Gasteiger partial charge in [0.15, 0.2) is 6.61 Å². The van der Waals surface area contributed by atoms with Crippen molar-refractivity contribution in [1.29, 1.82) is 0 Å². The largest absolute Gasteiger partial charge is 0.495 e. The Morgan fingerprint density at radius 2 is 1.86 bits per heavy atom. The molecule has 0 radical (unpaired) electrons. The number of nitrogens with one attached hydrogen (secondary N) is 1. The van der Waals surface area contributed by atoms with Gasteiger partial charge in [-0.3, -0.25) is 9.10 Å². The number of methoxy groups -OCH3 is 1. The molecule has 3 atom stereocenters. The second kappa shape index (κ2) is 11.3. The molecule has 1 aliphatic carbocycles. The van der Waals surface area contributed by atoms with Crippen LogP contribution in [-0.4, -0.2) is 47.1 Å². The maximum atomic E-state index is 13.2. The molecule has 2 aromatic rings. The third-order valence-corrected chi connectivity index (χ3v) is 8.73. The summed E-state index contributed by atoms with van der Waals surface area (Å²) in [6.45, 7) is 3.79. The average molecular weight is 523 g/mol. The van der Waals surface area contributed by atoms with E-state index < -0.39 is 28.5 Å². The molecule has 8 nitrogen and oxygen atoms in total. The van der Waals surface area contributed by atoms with Gasteiger partial charge in [0, 0.05) is 13.1 Å². The van der Waals surface area contributed by atoms with Gasteiger partial charge in [-0.1, -0.05) is 50.4 Å². The van der Waals surface area contributed by atoms with Gasteiger partial charge in [0.25, 0.3) is 15.9 Å². The summed E-state index contributed by atoms with van der Waals surface area (Å²) < 4.78 is 38.0. The number of benzene rings is 2. The van der Waals surface area contributed by atoms with Crippen molar-refractivity contribution in [3.8, 4) is 5.75 Å². The third-order valence-electron chi connectivity index (χ3n) is 6.63. The number of hydrogen-bond donors (Lipinski definition) is 1. The first-order valence-corrected chi connectivity index (χ1v) is 13.3. The zero-order valence-electron chi connectivity index (χ0n) is 20.3. The molecule has 0 saturated heterocycles. The minimum absolute atomic E-state index is 0.0176. The number of hydrogen-bond acceptors (Lipinski definition) is 6. The molecule has 1 fully saturated rings. The van der Waals surface area contributed by atoms with Crippen molar-refractivity contribution in [1.82, 2.24) is 5.32 Å². The highest BCUT2D eigenvalue weighted by Crippen LogP contribution is 2.32. The molecule has 0 aliphatic heterocycles. The highest BCUT2D eigenvalue weighted by molar-refractivity contribution is 7.92. The van der Waals surface area contributed by atoms with Crippen molar-refractivity contribution in [3.05, 3.63) is 53.1 Å². The lowest BCUT2D eigenvalue weighted by Crippen LogP contribution is -2.45.